The Morgan fingerprint density at radius 2 is 1.92 bits per heavy atom. The number of nitrogens with zero attached hydrogens (tertiary/aromatic N) is 2. The van der Waals surface area contributed by atoms with E-state index in [0.29, 0.717) is 17.9 Å². The Bertz CT molecular complexity index is 655. The van der Waals surface area contributed by atoms with Crippen LogP contribution in [0.4, 0.5) is 11.4 Å². The van der Waals surface area contributed by atoms with Crippen LogP contribution in [0.15, 0.2) is 24.3 Å². The minimum atomic E-state index is -0.971. The van der Waals surface area contributed by atoms with Gasteiger partial charge in [0, 0.05) is 13.0 Å². The molecule has 7 heteroatoms. The second-order valence-corrected chi connectivity index (χ2v) is 6.29. The maximum atomic E-state index is 12.2. The van der Waals surface area contributed by atoms with E-state index >= 15 is 0 Å². The first-order valence-corrected chi connectivity index (χ1v) is 8.19. The molecule has 1 aromatic carbocycles. The van der Waals surface area contributed by atoms with Crippen molar-refractivity contribution < 1.29 is 19.5 Å². The highest BCUT2D eigenvalue weighted by atomic mass is 16.4. The summed E-state index contributed by atoms with van der Waals surface area (Å²) in [6.07, 6.45) is 2.22. The highest BCUT2D eigenvalue weighted by Gasteiger charge is 2.36. The average molecular weight is 331 g/mol. The molecule has 128 valence electrons. The predicted octanol–water partition coefficient (Wildman–Crippen LogP) is 1.16. The van der Waals surface area contributed by atoms with Crippen molar-refractivity contribution in [2.45, 2.75) is 19.3 Å². The van der Waals surface area contributed by atoms with Crippen molar-refractivity contribution in [3.63, 3.8) is 0 Å². The number of carboxylic acids is 1. The van der Waals surface area contributed by atoms with Gasteiger partial charge >= 0.3 is 5.97 Å². The zero-order valence-electron chi connectivity index (χ0n) is 13.4. The molecule has 2 heterocycles. The minimum Gasteiger partial charge on any atom is -0.481 e. The fraction of sp³-hybridized carbons (Fsp3) is 0.471. The zero-order chi connectivity index (χ0) is 17.1. The van der Waals surface area contributed by atoms with Gasteiger partial charge < -0.3 is 15.3 Å². The third-order valence-corrected chi connectivity index (χ3v) is 4.51. The van der Waals surface area contributed by atoms with Crippen LogP contribution >= 0.6 is 0 Å². The summed E-state index contributed by atoms with van der Waals surface area (Å²) in [6, 6.07) is 7.02. The highest BCUT2D eigenvalue weighted by Crippen LogP contribution is 2.31. The Kier molecular flexibility index (Phi) is 4.80. The summed E-state index contributed by atoms with van der Waals surface area (Å²) < 4.78 is 0. The monoisotopic (exact) mass is 331 g/mol. The molecule has 0 spiro atoms. The average Bonchev–Trinajstić information content (AvgIpc) is 3.17. The number of nitrogens with one attached hydrogen (secondary N) is 1. The van der Waals surface area contributed by atoms with E-state index in [2.05, 4.69) is 10.2 Å². The van der Waals surface area contributed by atoms with E-state index in [1.807, 2.05) is 0 Å². The molecule has 2 saturated heterocycles. The van der Waals surface area contributed by atoms with E-state index in [9.17, 15) is 14.4 Å². The fourth-order valence-corrected chi connectivity index (χ4v) is 3.25. The predicted molar refractivity (Wildman–Crippen MR) is 88.8 cm³/mol. The van der Waals surface area contributed by atoms with Gasteiger partial charge in [-0.15, -0.1) is 0 Å². The van der Waals surface area contributed by atoms with Crippen LogP contribution in [0.1, 0.15) is 19.3 Å². The summed E-state index contributed by atoms with van der Waals surface area (Å²) in [5.41, 5.74) is 1.10. The zero-order valence-corrected chi connectivity index (χ0v) is 13.4. The van der Waals surface area contributed by atoms with Crippen molar-refractivity contribution in [1.29, 1.82) is 0 Å². The molecule has 1 aromatic rings. The molecule has 7 nitrogen and oxygen atoms in total. The van der Waals surface area contributed by atoms with Crippen molar-refractivity contribution in [3.05, 3.63) is 24.3 Å². The summed E-state index contributed by atoms with van der Waals surface area (Å²) in [5, 5.41) is 12.0. The first-order chi connectivity index (χ1) is 11.5. The van der Waals surface area contributed by atoms with Crippen molar-refractivity contribution in [1.82, 2.24) is 4.90 Å². The lowest BCUT2D eigenvalue weighted by Gasteiger charge is -2.21. The lowest BCUT2D eigenvalue weighted by atomic mass is 10.1. The standard InChI is InChI=1S/C17H21N3O4/c21-15(11-19-7-3-4-8-19)18-13-5-1-2-6-14(13)20-10-12(17(23)24)9-16(20)22/h1-2,5-6,12H,3-4,7-11H2,(H,18,21)(H,23,24). The Morgan fingerprint density at radius 3 is 2.58 bits per heavy atom. The summed E-state index contributed by atoms with van der Waals surface area (Å²) in [4.78, 5) is 39.1. The van der Waals surface area contributed by atoms with Crippen molar-refractivity contribution in [2.75, 3.05) is 36.4 Å². The SMILES string of the molecule is O=C(CN1CCCC1)Nc1ccccc1N1CC(C(=O)O)CC1=O. The maximum Gasteiger partial charge on any atom is 0.308 e. The van der Waals surface area contributed by atoms with E-state index in [-0.39, 0.29) is 24.8 Å². The molecule has 24 heavy (non-hydrogen) atoms. The molecule has 2 aliphatic rings. The van der Waals surface area contributed by atoms with Crippen LogP contribution in [0.5, 0.6) is 0 Å². The smallest absolute Gasteiger partial charge is 0.308 e. The molecular formula is C17H21N3O4. The molecule has 0 bridgehead atoms. The van der Waals surface area contributed by atoms with Crippen LogP contribution in [0.3, 0.4) is 0 Å². The number of anilines is 2. The number of amides is 2. The fourth-order valence-electron chi connectivity index (χ4n) is 3.25. The molecule has 0 aromatic heterocycles. The molecule has 0 radical (unpaired) electrons. The van der Waals surface area contributed by atoms with Gasteiger partial charge in [0.15, 0.2) is 0 Å². The van der Waals surface area contributed by atoms with Crippen molar-refractivity contribution in [2.24, 2.45) is 5.92 Å². The second-order valence-electron chi connectivity index (χ2n) is 6.29. The molecule has 2 fully saturated rings. The van der Waals surface area contributed by atoms with Crippen molar-refractivity contribution in [3.8, 4) is 0 Å². The Balaban J connectivity index is 1.72. The van der Waals surface area contributed by atoms with Crippen LogP contribution < -0.4 is 10.2 Å². The third-order valence-electron chi connectivity index (χ3n) is 4.51. The van der Waals surface area contributed by atoms with Crippen molar-refractivity contribution >= 4 is 29.2 Å². The third kappa shape index (κ3) is 3.56. The van der Waals surface area contributed by atoms with E-state index in [1.54, 1.807) is 24.3 Å². The Labute approximate surface area is 140 Å². The van der Waals surface area contributed by atoms with E-state index in [1.165, 1.54) is 4.90 Å². The van der Waals surface area contributed by atoms with Gasteiger partial charge in [0.25, 0.3) is 0 Å². The largest absolute Gasteiger partial charge is 0.481 e. The Morgan fingerprint density at radius 1 is 1.21 bits per heavy atom. The number of carbonyl (C=O) groups excluding carboxylic acids is 2. The lowest BCUT2D eigenvalue weighted by Crippen LogP contribution is -2.32. The van der Waals surface area contributed by atoms with E-state index in [4.69, 9.17) is 5.11 Å². The Hall–Kier alpha value is -2.41. The molecular weight excluding hydrogens is 310 g/mol. The normalized spacial score (nSPS) is 21.2. The number of likely N-dealkylation sites (tertiary alicyclic amines) is 1. The second kappa shape index (κ2) is 7.00. The van der Waals surface area contributed by atoms with Crippen LogP contribution in [0.2, 0.25) is 0 Å². The number of para-hydroxylation sites is 2. The number of rotatable bonds is 5. The number of hydrogen-bond acceptors (Lipinski definition) is 4. The maximum absolute atomic E-state index is 12.2. The molecule has 0 saturated carbocycles. The topological polar surface area (TPSA) is 90.0 Å². The molecule has 2 amide bonds. The van der Waals surface area contributed by atoms with Gasteiger partial charge in [-0.1, -0.05) is 12.1 Å². The van der Waals surface area contributed by atoms with E-state index < -0.39 is 11.9 Å². The number of carbonyl (C=O) groups is 3. The number of aliphatic carboxylic acids is 1. The van der Waals surface area contributed by atoms with Gasteiger partial charge in [-0.05, 0) is 38.1 Å². The van der Waals surface area contributed by atoms with Gasteiger partial charge in [-0.25, -0.2) is 0 Å². The first kappa shape index (κ1) is 16.4. The molecule has 1 unspecified atom stereocenters. The van der Waals surface area contributed by atoms with Gasteiger partial charge in [-0.3, -0.25) is 19.3 Å². The minimum absolute atomic E-state index is 0.00854. The molecule has 2 aliphatic heterocycles. The summed E-state index contributed by atoms with van der Waals surface area (Å²) >= 11 is 0. The quantitative estimate of drug-likeness (QED) is 0.845. The number of hydrogen-bond donors (Lipinski definition) is 2. The van der Waals surface area contributed by atoms with Crippen LogP contribution in [0.25, 0.3) is 0 Å². The van der Waals surface area contributed by atoms with Crippen LogP contribution in [-0.4, -0.2) is 54.0 Å². The highest BCUT2D eigenvalue weighted by molar-refractivity contribution is 6.04. The summed E-state index contributed by atoms with van der Waals surface area (Å²) in [7, 11) is 0. The van der Waals surface area contributed by atoms with Gasteiger partial charge in [-0.2, -0.15) is 0 Å². The summed E-state index contributed by atoms with van der Waals surface area (Å²) in [6.45, 7) is 2.33. The first-order valence-electron chi connectivity index (χ1n) is 8.19. The van der Waals surface area contributed by atoms with Gasteiger partial charge in [0.05, 0.1) is 23.8 Å². The van der Waals surface area contributed by atoms with Crippen LogP contribution in [0, 0.1) is 5.92 Å². The lowest BCUT2D eigenvalue weighted by molar-refractivity contribution is -0.141. The van der Waals surface area contributed by atoms with Crippen LogP contribution in [-0.2, 0) is 14.4 Å². The number of carboxylic acid groups (broad SMARTS) is 1. The van der Waals surface area contributed by atoms with Gasteiger partial charge in [0.2, 0.25) is 11.8 Å². The van der Waals surface area contributed by atoms with Gasteiger partial charge in [0.1, 0.15) is 0 Å². The van der Waals surface area contributed by atoms with E-state index in [0.717, 1.165) is 25.9 Å². The molecule has 0 aliphatic carbocycles. The number of benzene rings is 1. The molecule has 1 atom stereocenters. The summed E-state index contributed by atoms with van der Waals surface area (Å²) in [5.74, 6) is -2.03. The molecule has 3 rings (SSSR count). The molecule has 2 N–H and O–H groups in total.